The number of carbonyl (C=O) groups is 2. The van der Waals surface area contributed by atoms with E-state index in [1.54, 1.807) is 24.7 Å². The highest BCUT2D eigenvalue weighted by molar-refractivity contribution is 5.95. The lowest BCUT2D eigenvalue weighted by Crippen LogP contribution is -2.45. The van der Waals surface area contributed by atoms with Gasteiger partial charge in [0.2, 0.25) is 0 Å². The Hall–Kier alpha value is -3.09. The van der Waals surface area contributed by atoms with Crippen LogP contribution in [-0.2, 0) is 9.53 Å². The number of rotatable bonds is 4. The van der Waals surface area contributed by atoms with Gasteiger partial charge in [0.25, 0.3) is 0 Å². The van der Waals surface area contributed by atoms with Gasteiger partial charge in [-0.25, -0.2) is 14.3 Å². The van der Waals surface area contributed by atoms with Gasteiger partial charge in [0.15, 0.2) is 0 Å². The number of nitrogens with one attached hydrogen (secondary N) is 2. The van der Waals surface area contributed by atoms with Crippen molar-refractivity contribution in [1.82, 2.24) is 20.4 Å². The number of allylic oxidation sites excluding steroid dienone is 1. The lowest BCUT2D eigenvalue weighted by atomic mass is 9.95. The van der Waals surface area contributed by atoms with Crippen LogP contribution in [-0.4, -0.2) is 28.4 Å². The molecule has 1 aromatic carbocycles. The van der Waals surface area contributed by atoms with Crippen molar-refractivity contribution in [2.45, 2.75) is 19.9 Å². The fourth-order valence-electron chi connectivity index (χ4n) is 2.66. The third kappa shape index (κ3) is 3.01. The molecule has 1 atom stereocenters. The van der Waals surface area contributed by atoms with E-state index in [-0.39, 0.29) is 12.6 Å². The average molecular weight is 326 g/mol. The van der Waals surface area contributed by atoms with Crippen LogP contribution in [0.3, 0.4) is 0 Å². The highest BCUT2D eigenvalue weighted by Gasteiger charge is 2.31. The van der Waals surface area contributed by atoms with Crippen LogP contribution >= 0.6 is 0 Å². The molecule has 2 aromatic rings. The number of hydrogen-bond acceptors (Lipinski definition) is 4. The number of amides is 2. The Morgan fingerprint density at radius 3 is 2.71 bits per heavy atom. The molecule has 124 valence electrons. The number of hydrogen-bond donors (Lipinski definition) is 2. The summed E-state index contributed by atoms with van der Waals surface area (Å²) < 4.78 is 6.85. The normalized spacial score (nSPS) is 17.2. The molecule has 0 aliphatic carbocycles. The zero-order valence-electron chi connectivity index (χ0n) is 13.4. The average Bonchev–Trinajstić information content (AvgIpc) is 3.09. The van der Waals surface area contributed by atoms with Gasteiger partial charge in [0, 0.05) is 18.1 Å². The van der Waals surface area contributed by atoms with Crippen molar-refractivity contribution in [2.75, 3.05) is 6.61 Å². The Labute approximate surface area is 139 Å². The monoisotopic (exact) mass is 326 g/mol. The summed E-state index contributed by atoms with van der Waals surface area (Å²) in [4.78, 5) is 24.1. The minimum atomic E-state index is -0.551. The number of urea groups is 1. The first kappa shape index (κ1) is 15.8. The molecule has 1 aromatic heterocycles. The van der Waals surface area contributed by atoms with Gasteiger partial charge in [-0.2, -0.15) is 5.10 Å². The summed E-state index contributed by atoms with van der Waals surface area (Å²) in [6, 6.07) is 8.43. The second-order valence-corrected chi connectivity index (χ2v) is 5.33. The molecule has 2 heterocycles. The van der Waals surface area contributed by atoms with Crippen LogP contribution in [0.1, 0.15) is 25.5 Å². The fourth-order valence-corrected chi connectivity index (χ4v) is 2.66. The topological polar surface area (TPSA) is 85.2 Å². The summed E-state index contributed by atoms with van der Waals surface area (Å²) in [5.41, 5.74) is 2.59. The number of carbonyl (C=O) groups excluding carboxylic acids is 2. The van der Waals surface area contributed by atoms with Gasteiger partial charge in [-0.15, -0.1) is 0 Å². The van der Waals surface area contributed by atoms with E-state index >= 15 is 0 Å². The van der Waals surface area contributed by atoms with Crippen molar-refractivity contribution in [3.05, 3.63) is 59.6 Å². The summed E-state index contributed by atoms with van der Waals surface area (Å²) in [5.74, 6) is -0.441. The van der Waals surface area contributed by atoms with E-state index in [1.807, 2.05) is 36.5 Å². The minimum Gasteiger partial charge on any atom is -0.463 e. The van der Waals surface area contributed by atoms with Gasteiger partial charge in [-0.05, 0) is 37.6 Å². The Kier molecular flexibility index (Phi) is 4.33. The lowest BCUT2D eigenvalue weighted by Gasteiger charge is -2.28. The van der Waals surface area contributed by atoms with Crippen molar-refractivity contribution < 1.29 is 14.3 Å². The Morgan fingerprint density at radius 1 is 1.33 bits per heavy atom. The second kappa shape index (κ2) is 6.57. The molecule has 0 saturated heterocycles. The molecule has 0 bridgehead atoms. The Bertz CT molecular complexity index is 779. The van der Waals surface area contributed by atoms with E-state index in [4.69, 9.17) is 4.74 Å². The Morgan fingerprint density at radius 2 is 2.08 bits per heavy atom. The van der Waals surface area contributed by atoms with Crippen molar-refractivity contribution >= 4 is 12.0 Å². The molecule has 2 amide bonds. The van der Waals surface area contributed by atoms with Gasteiger partial charge in [-0.1, -0.05) is 12.1 Å². The van der Waals surface area contributed by atoms with E-state index in [0.717, 1.165) is 11.3 Å². The maximum Gasteiger partial charge on any atom is 0.338 e. The van der Waals surface area contributed by atoms with Crippen molar-refractivity contribution in [3.63, 3.8) is 0 Å². The van der Waals surface area contributed by atoms with Gasteiger partial charge in [-0.3, -0.25) is 0 Å². The quantitative estimate of drug-likeness (QED) is 0.842. The summed E-state index contributed by atoms with van der Waals surface area (Å²) in [5, 5.41) is 9.57. The van der Waals surface area contributed by atoms with Crippen LogP contribution in [0.5, 0.6) is 0 Å². The zero-order valence-corrected chi connectivity index (χ0v) is 13.4. The lowest BCUT2D eigenvalue weighted by molar-refractivity contribution is -0.139. The molecule has 2 N–H and O–H groups in total. The summed E-state index contributed by atoms with van der Waals surface area (Å²) in [7, 11) is 0. The number of nitrogens with zero attached hydrogens (tertiary/aromatic N) is 2. The van der Waals surface area contributed by atoms with E-state index in [0.29, 0.717) is 11.3 Å². The maximum atomic E-state index is 12.3. The van der Waals surface area contributed by atoms with Crippen molar-refractivity contribution in [1.29, 1.82) is 0 Å². The molecule has 7 heteroatoms. The molecule has 0 spiro atoms. The molecule has 24 heavy (non-hydrogen) atoms. The largest absolute Gasteiger partial charge is 0.463 e. The number of esters is 1. The molecule has 1 aliphatic rings. The predicted molar refractivity (Wildman–Crippen MR) is 87.3 cm³/mol. The molecule has 7 nitrogen and oxygen atoms in total. The van der Waals surface area contributed by atoms with Crippen LogP contribution in [0, 0.1) is 0 Å². The van der Waals surface area contributed by atoms with Crippen molar-refractivity contribution in [2.24, 2.45) is 0 Å². The molecule has 0 fully saturated rings. The number of benzene rings is 1. The number of ether oxygens (including phenoxy) is 1. The fraction of sp³-hybridized carbons (Fsp3) is 0.235. The van der Waals surface area contributed by atoms with E-state index in [2.05, 4.69) is 15.7 Å². The van der Waals surface area contributed by atoms with Gasteiger partial charge < -0.3 is 15.4 Å². The molecular formula is C17H18N4O3. The zero-order chi connectivity index (χ0) is 17.1. The van der Waals surface area contributed by atoms with E-state index in [9.17, 15) is 9.59 Å². The van der Waals surface area contributed by atoms with Crippen LogP contribution in [0.25, 0.3) is 5.69 Å². The first-order valence-corrected chi connectivity index (χ1v) is 7.65. The summed E-state index contributed by atoms with van der Waals surface area (Å²) >= 11 is 0. The van der Waals surface area contributed by atoms with Gasteiger partial charge >= 0.3 is 12.0 Å². The third-order valence-electron chi connectivity index (χ3n) is 3.76. The number of aromatic nitrogens is 2. The standard InChI is InChI=1S/C17H18N4O3/c1-3-24-16(22)14-11(2)19-17(23)20-15(14)12-5-7-13(8-6-12)21-10-4-9-18-21/h4-10,15H,3H2,1-2H3,(H2,19,20,23)/t15-/m1/s1. The summed E-state index contributed by atoms with van der Waals surface area (Å²) in [6.07, 6.45) is 3.54. The SMILES string of the molecule is CCOC(=O)C1=C(C)NC(=O)N[C@@H]1c1ccc(-n2cccn2)cc1. The molecule has 1 aliphatic heterocycles. The highest BCUT2D eigenvalue weighted by Crippen LogP contribution is 2.28. The molecule has 0 saturated carbocycles. The van der Waals surface area contributed by atoms with Crippen LogP contribution < -0.4 is 10.6 Å². The van der Waals surface area contributed by atoms with Crippen LogP contribution in [0.15, 0.2) is 54.0 Å². The van der Waals surface area contributed by atoms with Gasteiger partial charge in [0.1, 0.15) is 0 Å². The smallest absolute Gasteiger partial charge is 0.338 e. The van der Waals surface area contributed by atoms with Crippen LogP contribution in [0.4, 0.5) is 4.79 Å². The minimum absolute atomic E-state index is 0.272. The predicted octanol–water partition coefficient (Wildman–Crippen LogP) is 2.06. The molecule has 0 radical (unpaired) electrons. The molecule has 0 unspecified atom stereocenters. The third-order valence-corrected chi connectivity index (χ3v) is 3.76. The maximum absolute atomic E-state index is 12.3. The Balaban J connectivity index is 1.94. The highest BCUT2D eigenvalue weighted by atomic mass is 16.5. The molecular weight excluding hydrogens is 308 g/mol. The van der Waals surface area contributed by atoms with E-state index < -0.39 is 12.0 Å². The van der Waals surface area contributed by atoms with E-state index in [1.165, 1.54) is 0 Å². The first-order chi connectivity index (χ1) is 11.6. The van der Waals surface area contributed by atoms with Crippen LogP contribution in [0.2, 0.25) is 0 Å². The van der Waals surface area contributed by atoms with Crippen molar-refractivity contribution in [3.8, 4) is 5.69 Å². The second-order valence-electron chi connectivity index (χ2n) is 5.33. The first-order valence-electron chi connectivity index (χ1n) is 7.65. The molecule has 3 rings (SSSR count). The van der Waals surface area contributed by atoms with Gasteiger partial charge in [0.05, 0.1) is 23.9 Å². The summed E-state index contributed by atoms with van der Waals surface area (Å²) in [6.45, 7) is 3.71.